The van der Waals surface area contributed by atoms with E-state index in [0.717, 1.165) is 30.4 Å². The van der Waals surface area contributed by atoms with Gasteiger partial charge in [-0.3, -0.25) is 4.79 Å². The van der Waals surface area contributed by atoms with E-state index < -0.39 is 0 Å². The van der Waals surface area contributed by atoms with Crippen molar-refractivity contribution in [1.29, 1.82) is 0 Å². The predicted octanol–water partition coefficient (Wildman–Crippen LogP) is 1.57. The zero-order valence-electron chi connectivity index (χ0n) is 11.0. The van der Waals surface area contributed by atoms with Gasteiger partial charge in [0, 0.05) is 11.6 Å². The number of fused-ring (bicyclic) bond motifs is 1. The average molecular weight is 260 g/mol. The third-order valence-corrected chi connectivity index (χ3v) is 4.26. The monoisotopic (exact) mass is 260 g/mol. The molecule has 19 heavy (non-hydrogen) atoms. The Morgan fingerprint density at radius 2 is 2.16 bits per heavy atom. The molecule has 2 atom stereocenters. The molecule has 3 N–H and O–H groups in total. The van der Waals surface area contributed by atoms with Gasteiger partial charge in [-0.05, 0) is 48.6 Å². The molecule has 102 valence electrons. The molecule has 1 aliphatic heterocycles. The molecule has 1 saturated carbocycles. The fourth-order valence-electron chi connectivity index (χ4n) is 3.07. The second-order valence-corrected chi connectivity index (χ2v) is 5.48. The maximum Gasteiger partial charge on any atom is 0.251 e. The highest BCUT2D eigenvalue weighted by molar-refractivity contribution is 5.94. The van der Waals surface area contributed by atoms with Crippen LogP contribution in [0.25, 0.3) is 0 Å². The molecule has 4 nitrogen and oxygen atoms in total. The van der Waals surface area contributed by atoms with Crippen LogP contribution in [0.3, 0.4) is 0 Å². The molecule has 0 bridgehead atoms. The van der Waals surface area contributed by atoms with Gasteiger partial charge in [0.05, 0.1) is 13.2 Å². The summed E-state index contributed by atoms with van der Waals surface area (Å²) in [7, 11) is 0. The Labute approximate surface area is 113 Å². The lowest BCUT2D eigenvalue weighted by atomic mass is 10.0. The van der Waals surface area contributed by atoms with E-state index in [2.05, 4.69) is 5.32 Å². The van der Waals surface area contributed by atoms with Gasteiger partial charge in [-0.1, -0.05) is 12.5 Å². The number of benzene rings is 1. The number of carbonyl (C=O) groups excluding carboxylic acids is 1. The summed E-state index contributed by atoms with van der Waals surface area (Å²) in [6, 6.07) is 6.06. The highest BCUT2D eigenvalue weighted by atomic mass is 16.5. The van der Waals surface area contributed by atoms with E-state index in [9.17, 15) is 4.79 Å². The maximum atomic E-state index is 12.3. The van der Waals surface area contributed by atoms with Crippen LogP contribution < -0.4 is 11.1 Å². The lowest BCUT2D eigenvalue weighted by molar-refractivity contribution is 0.0928. The van der Waals surface area contributed by atoms with E-state index in [1.54, 1.807) is 0 Å². The molecule has 1 aromatic rings. The topological polar surface area (TPSA) is 64.3 Å². The number of ether oxygens (including phenoxy) is 1. The fourth-order valence-corrected chi connectivity index (χ4v) is 3.07. The van der Waals surface area contributed by atoms with Crippen LogP contribution in [0, 0.1) is 5.92 Å². The van der Waals surface area contributed by atoms with Crippen LogP contribution in [0.5, 0.6) is 0 Å². The summed E-state index contributed by atoms with van der Waals surface area (Å²) in [6.07, 6.45) is 3.33. The zero-order chi connectivity index (χ0) is 13.2. The van der Waals surface area contributed by atoms with Crippen molar-refractivity contribution in [3.05, 3.63) is 34.9 Å². The number of rotatable bonds is 3. The smallest absolute Gasteiger partial charge is 0.251 e. The molecule has 0 saturated heterocycles. The van der Waals surface area contributed by atoms with Gasteiger partial charge in [-0.2, -0.15) is 0 Å². The Bertz CT molecular complexity index is 487. The average Bonchev–Trinajstić information content (AvgIpc) is 3.05. The molecule has 0 spiro atoms. The largest absolute Gasteiger partial charge is 0.372 e. The fraction of sp³-hybridized carbons (Fsp3) is 0.533. The first kappa shape index (κ1) is 12.6. The number of hydrogen-bond acceptors (Lipinski definition) is 3. The van der Waals surface area contributed by atoms with Gasteiger partial charge in [0.25, 0.3) is 5.91 Å². The van der Waals surface area contributed by atoms with Crippen molar-refractivity contribution in [2.45, 2.75) is 38.5 Å². The Kier molecular flexibility index (Phi) is 3.53. The molecule has 1 aromatic carbocycles. The van der Waals surface area contributed by atoms with Gasteiger partial charge < -0.3 is 15.8 Å². The molecule has 1 fully saturated rings. The molecule has 3 rings (SSSR count). The van der Waals surface area contributed by atoms with Crippen LogP contribution >= 0.6 is 0 Å². The van der Waals surface area contributed by atoms with Crippen LogP contribution in [-0.2, 0) is 18.0 Å². The van der Waals surface area contributed by atoms with Crippen molar-refractivity contribution in [2.24, 2.45) is 11.7 Å². The first-order valence-corrected chi connectivity index (χ1v) is 6.98. The molecular weight excluding hydrogens is 240 g/mol. The highest BCUT2D eigenvalue weighted by Gasteiger charge is 2.27. The van der Waals surface area contributed by atoms with E-state index in [1.165, 1.54) is 5.56 Å². The first-order valence-electron chi connectivity index (χ1n) is 6.98. The number of nitrogens with one attached hydrogen (secondary N) is 1. The van der Waals surface area contributed by atoms with Crippen molar-refractivity contribution in [3.8, 4) is 0 Å². The van der Waals surface area contributed by atoms with Gasteiger partial charge in [-0.15, -0.1) is 0 Å². The van der Waals surface area contributed by atoms with Crippen molar-refractivity contribution in [2.75, 3.05) is 6.54 Å². The molecule has 0 aromatic heterocycles. The minimum Gasteiger partial charge on any atom is -0.372 e. The standard InChI is InChI=1S/C15H20N2O2/c16-7-11-2-1-3-14(11)17-15(18)10-4-5-12-8-19-9-13(12)6-10/h4-6,11,14H,1-3,7-9,16H2,(H,17,18). The van der Waals surface area contributed by atoms with Crippen molar-refractivity contribution in [3.63, 3.8) is 0 Å². The Morgan fingerprint density at radius 3 is 3.00 bits per heavy atom. The molecule has 0 radical (unpaired) electrons. The molecule has 1 heterocycles. The summed E-state index contributed by atoms with van der Waals surface area (Å²) in [5.74, 6) is 0.446. The molecular formula is C15H20N2O2. The van der Waals surface area contributed by atoms with Crippen molar-refractivity contribution in [1.82, 2.24) is 5.32 Å². The van der Waals surface area contributed by atoms with Gasteiger partial charge in [0.2, 0.25) is 0 Å². The Morgan fingerprint density at radius 1 is 1.32 bits per heavy atom. The number of hydrogen-bond donors (Lipinski definition) is 2. The summed E-state index contributed by atoms with van der Waals surface area (Å²) in [5.41, 5.74) is 8.80. The van der Waals surface area contributed by atoms with Crippen LogP contribution in [0.1, 0.15) is 40.7 Å². The maximum absolute atomic E-state index is 12.3. The predicted molar refractivity (Wildman–Crippen MR) is 72.6 cm³/mol. The third kappa shape index (κ3) is 2.51. The van der Waals surface area contributed by atoms with E-state index in [0.29, 0.717) is 25.7 Å². The minimum absolute atomic E-state index is 0.0139. The van der Waals surface area contributed by atoms with Gasteiger partial charge in [0.1, 0.15) is 0 Å². The second kappa shape index (κ2) is 5.31. The lowest BCUT2D eigenvalue weighted by Gasteiger charge is -2.19. The van der Waals surface area contributed by atoms with Crippen LogP contribution in [-0.4, -0.2) is 18.5 Å². The number of carbonyl (C=O) groups is 1. The van der Waals surface area contributed by atoms with E-state index >= 15 is 0 Å². The van der Waals surface area contributed by atoms with Gasteiger partial charge >= 0.3 is 0 Å². The van der Waals surface area contributed by atoms with Gasteiger partial charge in [0.15, 0.2) is 0 Å². The first-order chi connectivity index (χ1) is 9.28. The zero-order valence-corrected chi connectivity index (χ0v) is 11.0. The summed E-state index contributed by atoms with van der Waals surface area (Å²) in [4.78, 5) is 12.3. The molecule has 1 aliphatic carbocycles. The molecule has 4 heteroatoms. The Balaban J connectivity index is 1.70. The van der Waals surface area contributed by atoms with Crippen LogP contribution in [0.2, 0.25) is 0 Å². The summed E-state index contributed by atoms with van der Waals surface area (Å²) in [5, 5.41) is 3.13. The SMILES string of the molecule is NCC1CCCC1NC(=O)c1ccc2c(c1)COC2. The Hall–Kier alpha value is -1.39. The highest BCUT2D eigenvalue weighted by Crippen LogP contribution is 2.25. The van der Waals surface area contributed by atoms with E-state index in [4.69, 9.17) is 10.5 Å². The van der Waals surface area contributed by atoms with Gasteiger partial charge in [-0.25, -0.2) is 0 Å². The number of amides is 1. The second-order valence-electron chi connectivity index (χ2n) is 5.48. The lowest BCUT2D eigenvalue weighted by Crippen LogP contribution is -2.39. The number of nitrogens with two attached hydrogens (primary N) is 1. The van der Waals surface area contributed by atoms with E-state index in [-0.39, 0.29) is 11.9 Å². The summed E-state index contributed by atoms with van der Waals surface area (Å²) >= 11 is 0. The normalized spacial score (nSPS) is 25.3. The molecule has 2 aliphatic rings. The van der Waals surface area contributed by atoms with Crippen LogP contribution in [0.4, 0.5) is 0 Å². The van der Waals surface area contributed by atoms with Crippen molar-refractivity contribution < 1.29 is 9.53 Å². The third-order valence-electron chi connectivity index (χ3n) is 4.26. The minimum atomic E-state index is 0.0139. The van der Waals surface area contributed by atoms with Crippen LogP contribution in [0.15, 0.2) is 18.2 Å². The quantitative estimate of drug-likeness (QED) is 0.867. The van der Waals surface area contributed by atoms with Crippen molar-refractivity contribution >= 4 is 5.91 Å². The molecule has 2 unspecified atom stereocenters. The van der Waals surface area contributed by atoms with E-state index in [1.807, 2.05) is 18.2 Å². The summed E-state index contributed by atoms with van der Waals surface area (Å²) < 4.78 is 5.37. The summed E-state index contributed by atoms with van der Waals surface area (Å²) in [6.45, 7) is 1.93. The molecule has 1 amide bonds.